The molecular weight excluding hydrogens is 246 g/mol. The lowest BCUT2D eigenvalue weighted by molar-refractivity contribution is 0.494. The molecular formula is C17H27N3. The van der Waals surface area contributed by atoms with Gasteiger partial charge in [0.2, 0.25) is 0 Å². The molecule has 110 valence electrons. The highest BCUT2D eigenvalue weighted by molar-refractivity contribution is 5.80. The van der Waals surface area contributed by atoms with Gasteiger partial charge in [-0.2, -0.15) is 0 Å². The van der Waals surface area contributed by atoms with Gasteiger partial charge in [0.1, 0.15) is 0 Å². The normalized spacial score (nSPS) is 15.7. The number of aryl methyl sites for hydroxylation is 1. The van der Waals surface area contributed by atoms with Crippen molar-refractivity contribution >= 4 is 5.96 Å². The highest BCUT2D eigenvalue weighted by Crippen LogP contribution is 2.08. The number of nitrogens with zero attached hydrogens (tertiary/aromatic N) is 2. The summed E-state index contributed by atoms with van der Waals surface area (Å²) >= 11 is 0. The minimum absolute atomic E-state index is 0.865. The van der Waals surface area contributed by atoms with Crippen LogP contribution < -0.4 is 5.32 Å². The average Bonchev–Trinajstić information content (AvgIpc) is 3.01. The quantitative estimate of drug-likeness (QED) is 0.660. The van der Waals surface area contributed by atoms with Crippen LogP contribution in [0, 0.1) is 0 Å². The molecule has 1 aliphatic heterocycles. The molecule has 2 rings (SSSR count). The molecule has 0 bridgehead atoms. The fraction of sp³-hybridized carbons (Fsp3) is 0.588. The Balaban J connectivity index is 1.88. The van der Waals surface area contributed by atoms with E-state index in [1.54, 1.807) is 0 Å². The molecule has 0 aromatic heterocycles. The van der Waals surface area contributed by atoms with Crippen molar-refractivity contribution in [2.45, 2.75) is 39.5 Å². The zero-order valence-electron chi connectivity index (χ0n) is 12.9. The summed E-state index contributed by atoms with van der Waals surface area (Å²) in [5.41, 5.74) is 2.78. The van der Waals surface area contributed by atoms with Gasteiger partial charge in [-0.25, -0.2) is 0 Å². The van der Waals surface area contributed by atoms with Crippen LogP contribution in [-0.4, -0.2) is 37.0 Å². The molecule has 0 amide bonds. The van der Waals surface area contributed by atoms with Crippen LogP contribution in [-0.2, 0) is 12.8 Å². The maximum Gasteiger partial charge on any atom is 0.193 e. The zero-order chi connectivity index (χ0) is 14.2. The minimum Gasteiger partial charge on any atom is -0.357 e. The van der Waals surface area contributed by atoms with E-state index >= 15 is 0 Å². The molecule has 1 heterocycles. The Morgan fingerprint density at radius 2 is 1.75 bits per heavy atom. The highest BCUT2D eigenvalue weighted by atomic mass is 15.3. The maximum absolute atomic E-state index is 4.76. The lowest BCUT2D eigenvalue weighted by Crippen LogP contribution is -2.39. The number of rotatable bonds is 5. The van der Waals surface area contributed by atoms with Crippen LogP contribution in [0.1, 0.15) is 37.8 Å². The number of guanidine groups is 1. The first-order chi connectivity index (χ1) is 9.83. The summed E-state index contributed by atoms with van der Waals surface area (Å²) in [5, 5.41) is 3.40. The Kier molecular flexibility index (Phi) is 5.90. The largest absolute Gasteiger partial charge is 0.357 e. The predicted octanol–water partition coefficient (Wildman–Crippen LogP) is 2.85. The molecule has 1 fully saturated rings. The summed E-state index contributed by atoms with van der Waals surface area (Å²) in [4.78, 5) is 7.14. The molecule has 0 saturated carbocycles. The van der Waals surface area contributed by atoms with Gasteiger partial charge < -0.3 is 10.2 Å². The lowest BCUT2D eigenvalue weighted by Gasteiger charge is -2.20. The van der Waals surface area contributed by atoms with Gasteiger partial charge in [0, 0.05) is 26.2 Å². The molecule has 3 nitrogen and oxygen atoms in total. The van der Waals surface area contributed by atoms with E-state index in [2.05, 4.69) is 48.3 Å². The second kappa shape index (κ2) is 7.93. The Morgan fingerprint density at radius 3 is 2.35 bits per heavy atom. The van der Waals surface area contributed by atoms with E-state index < -0.39 is 0 Å². The molecule has 3 heteroatoms. The van der Waals surface area contributed by atoms with Crippen LogP contribution >= 0.6 is 0 Å². The average molecular weight is 273 g/mol. The Bertz CT molecular complexity index is 416. The van der Waals surface area contributed by atoms with Crippen LogP contribution in [0.3, 0.4) is 0 Å². The van der Waals surface area contributed by atoms with E-state index in [1.807, 2.05) is 0 Å². The fourth-order valence-electron chi connectivity index (χ4n) is 2.59. The summed E-state index contributed by atoms with van der Waals surface area (Å²) in [7, 11) is 0. The van der Waals surface area contributed by atoms with Crippen LogP contribution in [0.4, 0.5) is 0 Å². The molecule has 0 aliphatic carbocycles. The summed E-state index contributed by atoms with van der Waals surface area (Å²) < 4.78 is 0. The topological polar surface area (TPSA) is 27.6 Å². The predicted molar refractivity (Wildman–Crippen MR) is 86.3 cm³/mol. The van der Waals surface area contributed by atoms with Gasteiger partial charge >= 0.3 is 0 Å². The second-order valence-corrected chi connectivity index (χ2v) is 5.35. The van der Waals surface area contributed by atoms with Crippen molar-refractivity contribution in [1.82, 2.24) is 10.2 Å². The summed E-state index contributed by atoms with van der Waals surface area (Å²) in [6, 6.07) is 8.92. The summed E-state index contributed by atoms with van der Waals surface area (Å²) in [6.45, 7) is 8.44. The Hall–Kier alpha value is -1.51. The van der Waals surface area contributed by atoms with Gasteiger partial charge in [0.25, 0.3) is 0 Å². The van der Waals surface area contributed by atoms with E-state index in [0.717, 1.165) is 45.0 Å². The minimum atomic E-state index is 0.865. The molecule has 1 saturated heterocycles. The number of hydrogen-bond acceptors (Lipinski definition) is 1. The molecule has 0 radical (unpaired) electrons. The molecule has 1 aromatic carbocycles. The number of benzene rings is 1. The van der Waals surface area contributed by atoms with Crippen molar-refractivity contribution in [1.29, 1.82) is 0 Å². The third kappa shape index (κ3) is 4.26. The van der Waals surface area contributed by atoms with Crippen LogP contribution in [0.5, 0.6) is 0 Å². The molecule has 0 unspecified atom stereocenters. The summed E-state index contributed by atoms with van der Waals surface area (Å²) in [6.07, 6.45) is 4.72. The SMILES string of the molecule is CCNC(=NCCc1ccc(CC)cc1)N1CCCC1. The maximum atomic E-state index is 4.76. The van der Waals surface area contributed by atoms with Gasteiger partial charge in [0.15, 0.2) is 5.96 Å². The van der Waals surface area contributed by atoms with Gasteiger partial charge in [-0.1, -0.05) is 31.2 Å². The van der Waals surface area contributed by atoms with Crippen LogP contribution in [0.2, 0.25) is 0 Å². The van der Waals surface area contributed by atoms with Crippen LogP contribution in [0.15, 0.2) is 29.3 Å². The number of hydrogen-bond donors (Lipinski definition) is 1. The lowest BCUT2D eigenvalue weighted by atomic mass is 10.1. The van der Waals surface area contributed by atoms with Gasteiger partial charge in [-0.15, -0.1) is 0 Å². The Morgan fingerprint density at radius 1 is 1.10 bits per heavy atom. The Labute approximate surface area is 123 Å². The first-order valence-corrected chi connectivity index (χ1v) is 7.94. The molecule has 1 aromatic rings. The van der Waals surface area contributed by atoms with Crippen molar-refractivity contribution in [3.05, 3.63) is 35.4 Å². The van der Waals surface area contributed by atoms with Gasteiger partial charge in [0.05, 0.1) is 0 Å². The molecule has 0 spiro atoms. The molecule has 20 heavy (non-hydrogen) atoms. The van der Waals surface area contributed by atoms with Crippen molar-refractivity contribution in [2.24, 2.45) is 4.99 Å². The van der Waals surface area contributed by atoms with E-state index in [0.29, 0.717) is 0 Å². The van der Waals surface area contributed by atoms with Crippen molar-refractivity contribution in [3.8, 4) is 0 Å². The van der Waals surface area contributed by atoms with Crippen LogP contribution in [0.25, 0.3) is 0 Å². The number of nitrogens with one attached hydrogen (secondary N) is 1. The standard InChI is InChI=1S/C17H27N3/c1-3-15-7-9-16(10-8-15)11-12-19-17(18-4-2)20-13-5-6-14-20/h7-10H,3-6,11-14H2,1-2H3,(H,18,19). The van der Waals surface area contributed by atoms with Crippen molar-refractivity contribution in [3.63, 3.8) is 0 Å². The molecule has 1 N–H and O–H groups in total. The zero-order valence-corrected chi connectivity index (χ0v) is 12.9. The number of aliphatic imine (C=N–C) groups is 1. The molecule has 0 atom stereocenters. The highest BCUT2D eigenvalue weighted by Gasteiger charge is 2.14. The summed E-state index contributed by atoms with van der Waals surface area (Å²) in [5.74, 6) is 1.09. The third-order valence-electron chi connectivity index (χ3n) is 3.83. The van der Waals surface area contributed by atoms with Gasteiger partial charge in [-0.05, 0) is 43.7 Å². The van der Waals surface area contributed by atoms with Gasteiger partial charge in [-0.3, -0.25) is 4.99 Å². The van der Waals surface area contributed by atoms with E-state index in [1.165, 1.54) is 24.0 Å². The third-order valence-corrected chi connectivity index (χ3v) is 3.83. The van der Waals surface area contributed by atoms with E-state index in [4.69, 9.17) is 4.99 Å². The fourth-order valence-corrected chi connectivity index (χ4v) is 2.59. The second-order valence-electron chi connectivity index (χ2n) is 5.35. The van der Waals surface area contributed by atoms with E-state index in [9.17, 15) is 0 Å². The molecule has 1 aliphatic rings. The monoisotopic (exact) mass is 273 g/mol. The van der Waals surface area contributed by atoms with Crippen molar-refractivity contribution < 1.29 is 0 Å². The van der Waals surface area contributed by atoms with E-state index in [-0.39, 0.29) is 0 Å². The first kappa shape index (κ1) is 14.9. The number of likely N-dealkylation sites (tertiary alicyclic amines) is 1. The van der Waals surface area contributed by atoms with Crippen molar-refractivity contribution in [2.75, 3.05) is 26.2 Å². The first-order valence-electron chi connectivity index (χ1n) is 7.94. The smallest absolute Gasteiger partial charge is 0.193 e.